The zero-order valence-corrected chi connectivity index (χ0v) is 8.95. The second kappa shape index (κ2) is 4.18. The first-order valence-electron chi connectivity index (χ1n) is 2.99. The molecular weight excluding hydrogens is 298 g/mol. The van der Waals surface area contributed by atoms with Crippen LogP contribution in [-0.2, 0) is 0 Å². The molecular formula is C7H4Br2F2O. The molecule has 0 saturated carbocycles. The minimum Gasteiger partial charge on any atom is -0.462 e. The van der Waals surface area contributed by atoms with Crippen molar-refractivity contribution in [2.24, 2.45) is 0 Å². The van der Waals surface area contributed by atoms with E-state index < -0.39 is 12.7 Å². The van der Waals surface area contributed by atoms with Gasteiger partial charge in [-0.2, -0.15) is 0 Å². The third-order valence-corrected chi connectivity index (χ3v) is 2.56. The molecule has 0 bridgehead atoms. The van der Waals surface area contributed by atoms with E-state index in [0.717, 1.165) is 0 Å². The van der Waals surface area contributed by atoms with Crippen LogP contribution in [0.25, 0.3) is 0 Å². The van der Waals surface area contributed by atoms with Crippen LogP contribution in [-0.4, -0.2) is 6.86 Å². The number of benzene rings is 1. The Bertz CT molecular complexity index is 291. The lowest BCUT2D eigenvalue weighted by Gasteiger charge is -2.05. The standard InChI is InChI=1S/C7H4Br2F2O/c8-4-1-2-5(12-3-10)6(9)7(4)11/h1-2H,3H2. The predicted molar refractivity (Wildman–Crippen MR) is 48.4 cm³/mol. The third-order valence-electron chi connectivity index (χ3n) is 1.21. The molecule has 0 aliphatic heterocycles. The Balaban J connectivity index is 3.08. The summed E-state index contributed by atoms with van der Waals surface area (Å²) < 4.78 is 29.7. The van der Waals surface area contributed by atoms with Gasteiger partial charge in [0.2, 0.25) is 6.86 Å². The highest BCUT2D eigenvalue weighted by atomic mass is 79.9. The summed E-state index contributed by atoms with van der Waals surface area (Å²) in [6.07, 6.45) is 0. The molecule has 0 fully saturated rings. The summed E-state index contributed by atoms with van der Waals surface area (Å²) in [4.78, 5) is 0. The number of rotatable bonds is 2. The van der Waals surface area contributed by atoms with E-state index in [1.807, 2.05) is 0 Å². The maximum Gasteiger partial charge on any atom is 0.228 e. The molecule has 5 heteroatoms. The van der Waals surface area contributed by atoms with Gasteiger partial charge in [-0.15, -0.1) is 0 Å². The van der Waals surface area contributed by atoms with Crippen LogP contribution in [0.3, 0.4) is 0 Å². The molecule has 0 spiro atoms. The fourth-order valence-corrected chi connectivity index (χ4v) is 1.74. The number of alkyl halides is 1. The van der Waals surface area contributed by atoms with Gasteiger partial charge in [-0.1, -0.05) is 0 Å². The minimum atomic E-state index is -0.973. The van der Waals surface area contributed by atoms with E-state index in [4.69, 9.17) is 0 Å². The van der Waals surface area contributed by atoms with Crippen LogP contribution in [0.15, 0.2) is 21.1 Å². The lowest BCUT2D eigenvalue weighted by Crippen LogP contribution is -1.92. The number of ether oxygens (including phenoxy) is 1. The Kier molecular flexibility index (Phi) is 3.46. The van der Waals surface area contributed by atoms with E-state index in [-0.39, 0.29) is 10.2 Å². The Labute approximate surface area is 85.0 Å². The van der Waals surface area contributed by atoms with Gasteiger partial charge in [0.05, 0.1) is 8.95 Å². The molecule has 1 rings (SSSR count). The first kappa shape index (κ1) is 9.92. The summed E-state index contributed by atoms with van der Waals surface area (Å²) in [5.74, 6) is -0.348. The van der Waals surface area contributed by atoms with Gasteiger partial charge < -0.3 is 4.74 Å². The van der Waals surface area contributed by atoms with E-state index >= 15 is 0 Å². The fourth-order valence-electron chi connectivity index (χ4n) is 0.678. The summed E-state index contributed by atoms with van der Waals surface area (Å²) in [6.45, 7) is -0.973. The third kappa shape index (κ3) is 1.95. The van der Waals surface area contributed by atoms with Crippen molar-refractivity contribution in [3.63, 3.8) is 0 Å². The molecule has 1 nitrogen and oxygen atoms in total. The highest BCUT2D eigenvalue weighted by Crippen LogP contribution is 2.32. The first-order valence-corrected chi connectivity index (χ1v) is 4.57. The van der Waals surface area contributed by atoms with Crippen molar-refractivity contribution in [1.82, 2.24) is 0 Å². The van der Waals surface area contributed by atoms with Crippen molar-refractivity contribution in [3.05, 3.63) is 26.9 Å². The largest absolute Gasteiger partial charge is 0.462 e. The van der Waals surface area contributed by atoms with Gasteiger partial charge in [0.25, 0.3) is 0 Å². The van der Waals surface area contributed by atoms with Crippen LogP contribution < -0.4 is 4.74 Å². The van der Waals surface area contributed by atoms with Crippen LogP contribution >= 0.6 is 31.9 Å². The van der Waals surface area contributed by atoms with Crippen LogP contribution in [0.4, 0.5) is 8.78 Å². The smallest absolute Gasteiger partial charge is 0.228 e. The first-order chi connectivity index (χ1) is 5.66. The maximum atomic E-state index is 13.0. The molecule has 0 unspecified atom stereocenters. The van der Waals surface area contributed by atoms with Gasteiger partial charge in [-0.25, -0.2) is 8.78 Å². The van der Waals surface area contributed by atoms with Crippen LogP contribution in [0.1, 0.15) is 0 Å². The van der Waals surface area contributed by atoms with Crippen LogP contribution in [0.5, 0.6) is 5.75 Å². The molecule has 0 heterocycles. The molecule has 0 N–H and O–H groups in total. The molecule has 12 heavy (non-hydrogen) atoms. The summed E-state index contributed by atoms with van der Waals surface area (Å²) in [5.41, 5.74) is 0. The zero-order valence-electron chi connectivity index (χ0n) is 5.78. The molecule has 0 radical (unpaired) electrons. The molecule has 1 aromatic carbocycles. The van der Waals surface area contributed by atoms with E-state index in [2.05, 4.69) is 36.6 Å². The van der Waals surface area contributed by atoms with Gasteiger partial charge in [-0.05, 0) is 44.0 Å². The minimum absolute atomic E-state index is 0.120. The molecule has 1 aromatic rings. The Morgan fingerprint density at radius 3 is 2.58 bits per heavy atom. The fraction of sp³-hybridized carbons (Fsp3) is 0.143. The lowest BCUT2D eigenvalue weighted by atomic mass is 10.3. The zero-order chi connectivity index (χ0) is 9.14. The molecule has 66 valence electrons. The molecule has 0 saturated heterocycles. The second-order valence-corrected chi connectivity index (χ2v) is 3.57. The van der Waals surface area contributed by atoms with Crippen molar-refractivity contribution in [2.45, 2.75) is 0 Å². The topological polar surface area (TPSA) is 9.23 Å². The van der Waals surface area contributed by atoms with Crippen molar-refractivity contribution in [1.29, 1.82) is 0 Å². The summed E-state index contributed by atoms with van der Waals surface area (Å²) in [7, 11) is 0. The summed E-state index contributed by atoms with van der Waals surface area (Å²) in [5, 5.41) is 0. The highest BCUT2D eigenvalue weighted by Gasteiger charge is 2.09. The number of hydrogen-bond donors (Lipinski definition) is 0. The predicted octanol–water partition coefficient (Wildman–Crippen LogP) is 3.66. The summed E-state index contributed by atoms with van der Waals surface area (Å²) in [6, 6.07) is 2.92. The van der Waals surface area contributed by atoms with Gasteiger partial charge in [0.1, 0.15) is 5.75 Å². The number of hydrogen-bond acceptors (Lipinski definition) is 1. The summed E-state index contributed by atoms with van der Waals surface area (Å²) >= 11 is 5.91. The maximum absolute atomic E-state index is 13.0. The number of halogens is 4. The van der Waals surface area contributed by atoms with Crippen LogP contribution in [0.2, 0.25) is 0 Å². The SMILES string of the molecule is FCOc1ccc(Br)c(F)c1Br. The van der Waals surface area contributed by atoms with Crippen molar-refractivity contribution < 1.29 is 13.5 Å². The van der Waals surface area contributed by atoms with Gasteiger partial charge in [0, 0.05) is 0 Å². The highest BCUT2D eigenvalue weighted by molar-refractivity contribution is 9.11. The van der Waals surface area contributed by atoms with E-state index in [1.54, 1.807) is 0 Å². The normalized spacial score (nSPS) is 10.0. The quantitative estimate of drug-likeness (QED) is 0.758. The Hall–Kier alpha value is -0.160. The molecule has 0 amide bonds. The van der Waals surface area contributed by atoms with Gasteiger partial charge in [-0.3, -0.25) is 0 Å². The van der Waals surface area contributed by atoms with Gasteiger partial charge in [0.15, 0.2) is 5.82 Å². The average molecular weight is 302 g/mol. The van der Waals surface area contributed by atoms with E-state index in [1.165, 1.54) is 12.1 Å². The van der Waals surface area contributed by atoms with Crippen molar-refractivity contribution in [3.8, 4) is 5.75 Å². The molecule has 0 atom stereocenters. The Morgan fingerprint density at radius 2 is 2.00 bits per heavy atom. The van der Waals surface area contributed by atoms with Crippen LogP contribution in [0, 0.1) is 5.82 Å². The van der Waals surface area contributed by atoms with Gasteiger partial charge >= 0.3 is 0 Å². The molecule has 0 aromatic heterocycles. The second-order valence-electron chi connectivity index (χ2n) is 1.93. The van der Waals surface area contributed by atoms with Crippen molar-refractivity contribution >= 4 is 31.9 Å². The molecule has 0 aliphatic carbocycles. The van der Waals surface area contributed by atoms with Crippen molar-refractivity contribution in [2.75, 3.05) is 6.86 Å². The van der Waals surface area contributed by atoms with E-state index in [9.17, 15) is 8.78 Å². The Morgan fingerprint density at radius 1 is 1.33 bits per heavy atom. The lowest BCUT2D eigenvalue weighted by molar-refractivity contribution is 0.190. The molecule has 0 aliphatic rings. The van der Waals surface area contributed by atoms with E-state index in [0.29, 0.717) is 4.47 Å². The monoisotopic (exact) mass is 300 g/mol. The average Bonchev–Trinajstić information content (AvgIpc) is 2.07.